The molecule has 2 N–H and O–H groups in total. The second-order valence-corrected chi connectivity index (χ2v) is 5.39. The average Bonchev–Trinajstić information content (AvgIpc) is 2.46. The van der Waals surface area contributed by atoms with E-state index in [0.717, 1.165) is 19.4 Å². The van der Waals surface area contributed by atoms with Gasteiger partial charge in [-0.2, -0.15) is 0 Å². The van der Waals surface area contributed by atoms with Crippen molar-refractivity contribution in [3.8, 4) is 0 Å². The Balaban J connectivity index is 2.22. The molecule has 1 aliphatic rings. The van der Waals surface area contributed by atoms with Crippen LogP contribution in [-0.4, -0.2) is 81.3 Å². The van der Waals surface area contributed by atoms with Gasteiger partial charge in [-0.15, -0.1) is 0 Å². The number of carbonyl (C=O) groups excluding carboxylic acids is 2. The Kier molecular flexibility index (Phi) is 8.07. The smallest absolute Gasteiger partial charge is 0.317 e. The van der Waals surface area contributed by atoms with Crippen LogP contribution in [0.4, 0.5) is 4.79 Å². The molecule has 0 atom stereocenters. The number of rotatable bonds is 7. The Bertz CT molecular complexity index is 330. The summed E-state index contributed by atoms with van der Waals surface area (Å²) < 4.78 is 4.98. The number of nitrogens with one attached hydrogen (secondary N) is 2. The van der Waals surface area contributed by atoms with Crippen molar-refractivity contribution in [2.75, 3.05) is 53.5 Å². The lowest BCUT2D eigenvalue weighted by Gasteiger charge is -2.32. The van der Waals surface area contributed by atoms with Gasteiger partial charge in [-0.1, -0.05) is 0 Å². The molecule has 3 amide bonds. The molecule has 1 aliphatic heterocycles. The van der Waals surface area contributed by atoms with E-state index >= 15 is 0 Å². The molecule has 0 spiro atoms. The normalized spacial score (nSPS) is 16.1. The average molecular weight is 300 g/mol. The number of hydrogen-bond acceptors (Lipinski definition) is 4. The Hall–Kier alpha value is -1.34. The largest absolute Gasteiger partial charge is 0.383 e. The van der Waals surface area contributed by atoms with Gasteiger partial charge in [-0.05, 0) is 26.8 Å². The quantitative estimate of drug-likeness (QED) is 0.687. The van der Waals surface area contributed by atoms with E-state index in [4.69, 9.17) is 4.74 Å². The van der Waals surface area contributed by atoms with Gasteiger partial charge in [-0.25, -0.2) is 4.79 Å². The molecular formula is C14H28N4O3. The van der Waals surface area contributed by atoms with Crippen molar-refractivity contribution in [3.05, 3.63) is 0 Å². The van der Waals surface area contributed by atoms with E-state index in [1.54, 1.807) is 12.0 Å². The highest BCUT2D eigenvalue weighted by molar-refractivity contribution is 5.78. The van der Waals surface area contributed by atoms with Crippen LogP contribution in [-0.2, 0) is 9.53 Å². The van der Waals surface area contributed by atoms with Crippen LogP contribution in [0.5, 0.6) is 0 Å². The van der Waals surface area contributed by atoms with Crippen LogP contribution in [0.2, 0.25) is 0 Å². The van der Waals surface area contributed by atoms with Gasteiger partial charge in [0.2, 0.25) is 5.91 Å². The molecule has 1 rings (SSSR count). The third-order valence-corrected chi connectivity index (χ3v) is 3.57. The van der Waals surface area contributed by atoms with Crippen LogP contribution in [0.15, 0.2) is 0 Å². The van der Waals surface area contributed by atoms with Gasteiger partial charge in [0.05, 0.1) is 13.2 Å². The van der Waals surface area contributed by atoms with Gasteiger partial charge in [0.1, 0.15) is 0 Å². The molecule has 0 radical (unpaired) electrons. The van der Waals surface area contributed by atoms with Gasteiger partial charge in [-0.3, -0.25) is 9.69 Å². The molecule has 7 nitrogen and oxygen atoms in total. The summed E-state index contributed by atoms with van der Waals surface area (Å²) >= 11 is 0. The van der Waals surface area contributed by atoms with Crippen LogP contribution in [0.3, 0.4) is 0 Å². The number of carbonyl (C=O) groups is 2. The monoisotopic (exact) mass is 300 g/mol. The van der Waals surface area contributed by atoms with Crippen LogP contribution < -0.4 is 10.6 Å². The lowest BCUT2D eigenvalue weighted by Crippen LogP contribution is -2.50. The van der Waals surface area contributed by atoms with Gasteiger partial charge in [0, 0.05) is 39.3 Å². The molecule has 0 bridgehead atoms. The molecule has 1 saturated heterocycles. The minimum atomic E-state index is -0.0124. The summed E-state index contributed by atoms with van der Waals surface area (Å²) in [5.74, 6) is 0.0325. The number of urea groups is 1. The molecular weight excluding hydrogens is 272 g/mol. The van der Waals surface area contributed by atoms with Crippen LogP contribution >= 0.6 is 0 Å². The first-order valence-electron chi connectivity index (χ1n) is 7.56. The molecule has 0 aliphatic carbocycles. The van der Waals surface area contributed by atoms with Crippen molar-refractivity contribution in [2.24, 2.45) is 0 Å². The SMILES string of the molecule is CCNC(=O)N1CCC(NC(=O)CN(C)CCOC)CC1. The van der Waals surface area contributed by atoms with Gasteiger partial charge in [0.15, 0.2) is 0 Å². The maximum absolute atomic E-state index is 11.9. The Morgan fingerprint density at radius 1 is 1.33 bits per heavy atom. The molecule has 122 valence electrons. The number of methoxy groups -OCH3 is 1. The minimum absolute atomic E-state index is 0.0124. The van der Waals surface area contributed by atoms with E-state index in [2.05, 4.69) is 10.6 Å². The van der Waals surface area contributed by atoms with E-state index < -0.39 is 0 Å². The molecule has 1 heterocycles. The highest BCUT2D eigenvalue weighted by Crippen LogP contribution is 2.10. The van der Waals surface area contributed by atoms with Gasteiger partial charge < -0.3 is 20.3 Å². The first-order valence-corrected chi connectivity index (χ1v) is 7.56. The van der Waals surface area contributed by atoms with Crippen LogP contribution in [0.1, 0.15) is 19.8 Å². The Morgan fingerprint density at radius 2 is 2.00 bits per heavy atom. The molecule has 7 heteroatoms. The molecule has 21 heavy (non-hydrogen) atoms. The summed E-state index contributed by atoms with van der Waals surface area (Å²) in [5.41, 5.74) is 0. The number of likely N-dealkylation sites (N-methyl/N-ethyl adjacent to an activating group) is 1. The van der Waals surface area contributed by atoms with Crippen molar-refractivity contribution < 1.29 is 14.3 Å². The first-order chi connectivity index (χ1) is 10.1. The minimum Gasteiger partial charge on any atom is -0.383 e. The molecule has 0 unspecified atom stereocenters. The lowest BCUT2D eigenvalue weighted by molar-refractivity contribution is -0.123. The summed E-state index contributed by atoms with van der Waals surface area (Å²) in [6.45, 7) is 5.66. The number of amides is 3. The lowest BCUT2D eigenvalue weighted by atomic mass is 10.1. The number of piperidine rings is 1. The van der Waals surface area contributed by atoms with Gasteiger partial charge in [0.25, 0.3) is 0 Å². The maximum atomic E-state index is 11.9. The molecule has 0 aromatic rings. The molecule has 0 aromatic heterocycles. The van der Waals surface area contributed by atoms with E-state index in [1.807, 2.05) is 18.9 Å². The Labute approximate surface area is 127 Å². The zero-order valence-electron chi connectivity index (χ0n) is 13.4. The van der Waals surface area contributed by atoms with Crippen LogP contribution in [0, 0.1) is 0 Å². The van der Waals surface area contributed by atoms with Crippen molar-refractivity contribution in [2.45, 2.75) is 25.8 Å². The zero-order valence-corrected chi connectivity index (χ0v) is 13.4. The van der Waals surface area contributed by atoms with Crippen molar-refractivity contribution in [1.82, 2.24) is 20.4 Å². The fourth-order valence-electron chi connectivity index (χ4n) is 2.33. The van der Waals surface area contributed by atoms with Crippen LogP contribution in [0.25, 0.3) is 0 Å². The molecule has 0 saturated carbocycles. The van der Waals surface area contributed by atoms with Crippen molar-refractivity contribution in [3.63, 3.8) is 0 Å². The van der Waals surface area contributed by atoms with E-state index in [0.29, 0.717) is 32.8 Å². The number of ether oxygens (including phenoxy) is 1. The first kappa shape index (κ1) is 17.7. The Morgan fingerprint density at radius 3 is 2.57 bits per heavy atom. The fourth-order valence-corrected chi connectivity index (χ4v) is 2.33. The van der Waals surface area contributed by atoms with E-state index in [-0.39, 0.29) is 18.0 Å². The number of hydrogen-bond donors (Lipinski definition) is 2. The molecule has 0 aromatic carbocycles. The third kappa shape index (κ3) is 6.77. The maximum Gasteiger partial charge on any atom is 0.317 e. The zero-order chi connectivity index (χ0) is 15.7. The van der Waals surface area contributed by atoms with E-state index in [9.17, 15) is 9.59 Å². The topological polar surface area (TPSA) is 73.9 Å². The second-order valence-electron chi connectivity index (χ2n) is 5.39. The summed E-state index contributed by atoms with van der Waals surface area (Å²) in [5, 5.41) is 5.84. The summed E-state index contributed by atoms with van der Waals surface area (Å²) in [7, 11) is 3.55. The fraction of sp³-hybridized carbons (Fsp3) is 0.857. The summed E-state index contributed by atoms with van der Waals surface area (Å²) in [4.78, 5) is 27.3. The highest BCUT2D eigenvalue weighted by atomic mass is 16.5. The highest BCUT2D eigenvalue weighted by Gasteiger charge is 2.23. The second kappa shape index (κ2) is 9.57. The third-order valence-electron chi connectivity index (χ3n) is 3.57. The number of likely N-dealkylation sites (tertiary alicyclic amines) is 1. The van der Waals surface area contributed by atoms with Crippen molar-refractivity contribution in [1.29, 1.82) is 0 Å². The van der Waals surface area contributed by atoms with Gasteiger partial charge >= 0.3 is 6.03 Å². The molecule has 1 fully saturated rings. The summed E-state index contributed by atoms with van der Waals surface area (Å²) in [6, 6.07) is 0.153. The van der Waals surface area contributed by atoms with Crippen molar-refractivity contribution >= 4 is 11.9 Å². The predicted molar refractivity (Wildman–Crippen MR) is 81.2 cm³/mol. The summed E-state index contributed by atoms with van der Waals surface area (Å²) in [6.07, 6.45) is 1.62. The van der Waals surface area contributed by atoms with E-state index in [1.165, 1.54) is 0 Å². The number of nitrogens with zero attached hydrogens (tertiary/aromatic N) is 2. The standard InChI is InChI=1S/C14H28N4O3/c1-4-15-14(20)18-7-5-12(6-8-18)16-13(19)11-17(2)9-10-21-3/h12H,4-11H2,1-3H3,(H,15,20)(H,16,19). The predicted octanol–water partition coefficient (Wildman–Crippen LogP) is -0.125.